The van der Waals surface area contributed by atoms with Gasteiger partial charge in [0.05, 0.1) is 16.4 Å². The molecule has 0 N–H and O–H groups in total. The van der Waals surface area contributed by atoms with Crippen LogP contribution in [0, 0.1) is 17.3 Å². The van der Waals surface area contributed by atoms with Crippen LogP contribution >= 0.6 is 25.4 Å². The van der Waals surface area contributed by atoms with Gasteiger partial charge in [-0.1, -0.05) is 49.3 Å². The zero-order valence-electron chi connectivity index (χ0n) is 14.6. The molecule has 0 aromatic heterocycles. The molecule has 0 saturated carbocycles. The Morgan fingerprint density at radius 2 is 1.52 bits per heavy atom. The summed E-state index contributed by atoms with van der Waals surface area (Å²) in [6, 6.07) is 0. The highest BCUT2D eigenvalue weighted by atomic mass is 32.1. The fourth-order valence-electron chi connectivity index (χ4n) is 4.40. The van der Waals surface area contributed by atoms with Crippen molar-refractivity contribution in [3.63, 3.8) is 0 Å². The number of ketones is 2. The number of hydrogen-bond donors (Lipinski definition) is 2. The summed E-state index contributed by atoms with van der Waals surface area (Å²) in [5, 5.41) is 0.181. The van der Waals surface area contributed by atoms with Crippen LogP contribution in [0.5, 0.6) is 0 Å². The SMILES string of the molecule is CC1(C2(C3(C)C=CC=CC3=O)[CH]CC(S)CCN2S)C=CC=CC1=O. The highest BCUT2D eigenvalue weighted by Crippen LogP contribution is 2.57. The molecule has 0 bridgehead atoms. The molecule has 0 aromatic rings. The van der Waals surface area contributed by atoms with E-state index in [9.17, 15) is 9.59 Å². The van der Waals surface area contributed by atoms with Crippen molar-refractivity contribution in [1.82, 2.24) is 4.31 Å². The minimum Gasteiger partial charge on any atom is -0.294 e. The molecule has 1 heterocycles. The molecule has 0 amide bonds. The van der Waals surface area contributed by atoms with E-state index >= 15 is 0 Å². The predicted octanol–water partition coefficient (Wildman–Crippen LogP) is 3.57. The number of allylic oxidation sites excluding steroid dienone is 6. The van der Waals surface area contributed by atoms with E-state index in [-0.39, 0.29) is 16.8 Å². The van der Waals surface area contributed by atoms with Crippen LogP contribution < -0.4 is 0 Å². The van der Waals surface area contributed by atoms with Crippen LogP contribution in [0.1, 0.15) is 26.7 Å². The third kappa shape index (κ3) is 2.63. The Morgan fingerprint density at radius 3 is 2.00 bits per heavy atom. The molecule has 1 radical (unpaired) electrons. The van der Waals surface area contributed by atoms with Crippen molar-refractivity contribution in [1.29, 1.82) is 0 Å². The van der Waals surface area contributed by atoms with Crippen LogP contribution in [0.3, 0.4) is 0 Å². The largest absolute Gasteiger partial charge is 0.294 e. The van der Waals surface area contributed by atoms with Crippen LogP contribution in [0.15, 0.2) is 48.6 Å². The maximum Gasteiger partial charge on any atom is 0.167 e. The summed E-state index contributed by atoms with van der Waals surface area (Å²) in [5.41, 5.74) is -2.69. The molecule has 3 atom stereocenters. The predicted molar refractivity (Wildman–Crippen MR) is 108 cm³/mol. The van der Waals surface area contributed by atoms with Gasteiger partial charge >= 0.3 is 0 Å². The zero-order chi connectivity index (χ0) is 18.3. The Morgan fingerprint density at radius 1 is 1.00 bits per heavy atom. The van der Waals surface area contributed by atoms with Crippen molar-refractivity contribution in [2.24, 2.45) is 10.8 Å². The second kappa shape index (κ2) is 6.60. The molecule has 25 heavy (non-hydrogen) atoms. The fourth-order valence-corrected chi connectivity index (χ4v) is 5.23. The van der Waals surface area contributed by atoms with Crippen LogP contribution in [0.2, 0.25) is 0 Å². The summed E-state index contributed by atoms with van der Waals surface area (Å²) in [6.07, 6.45) is 18.0. The number of rotatable bonds is 2. The van der Waals surface area contributed by atoms with Crippen LogP contribution in [0.25, 0.3) is 0 Å². The van der Waals surface area contributed by atoms with Gasteiger partial charge in [0, 0.05) is 11.8 Å². The molecule has 3 unspecified atom stereocenters. The molecule has 1 aliphatic heterocycles. The summed E-state index contributed by atoms with van der Waals surface area (Å²) in [4.78, 5) is 26.1. The summed E-state index contributed by atoms with van der Waals surface area (Å²) in [7, 11) is 0. The lowest BCUT2D eigenvalue weighted by molar-refractivity contribution is -0.137. The topological polar surface area (TPSA) is 37.4 Å². The molecule has 1 fully saturated rings. The molecule has 3 nitrogen and oxygen atoms in total. The van der Waals surface area contributed by atoms with Crippen LogP contribution in [-0.4, -0.2) is 33.2 Å². The molecular weight excluding hydrogens is 350 g/mol. The minimum atomic E-state index is -0.902. The van der Waals surface area contributed by atoms with Crippen molar-refractivity contribution in [3.05, 3.63) is 55.0 Å². The number of carbonyl (C=O) groups excluding carboxylic acids is 2. The average Bonchev–Trinajstić information content (AvgIpc) is 2.74. The van der Waals surface area contributed by atoms with Crippen molar-refractivity contribution >= 4 is 37.0 Å². The lowest BCUT2D eigenvalue weighted by atomic mass is 9.51. The highest BCUT2D eigenvalue weighted by Gasteiger charge is 2.65. The van der Waals surface area contributed by atoms with E-state index in [1.54, 1.807) is 24.3 Å². The lowest BCUT2D eigenvalue weighted by Crippen LogP contribution is -2.68. The quantitative estimate of drug-likeness (QED) is 0.726. The second-order valence-corrected chi connectivity index (χ2v) is 8.55. The Kier molecular flexibility index (Phi) is 4.95. The monoisotopic (exact) mass is 374 g/mol. The van der Waals surface area contributed by atoms with Gasteiger partial charge in [0.2, 0.25) is 0 Å². The molecule has 5 heteroatoms. The third-order valence-electron chi connectivity index (χ3n) is 5.95. The first-order valence-corrected chi connectivity index (χ1v) is 9.49. The van der Waals surface area contributed by atoms with Crippen molar-refractivity contribution in [2.45, 2.75) is 37.5 Å². The first-order chi connectivity index (χ1) is 11.8. The summed E-state index contributed by atoms with van der Waals surface area (Å²) in [5.74, 6) is -0.0280. The van der Waals surface area contributed by atoms with E-state index in [1.165, 1.54) is 0 Å². The molecule has 133 valence electrons. The van der Waals surface area contributed by atoms with E-state index in [1.807, 2.05) is 42.5 Å². The number of carbonyl (C=O) groups is 2. The molecule has 3 aliphatic rings. The van der Waals surface area contributed by atoms with Crippen LogP contribution in [0.4, 0.5) is 0 Å². The van der Waals surface area contributed by atoms with Gasteiger partial charge < -0.3 is 0 Å². The standard InChI is InChI=1S/C20H24NO2S2/c1-18(11-5-3-7-16(18)22)20(13-9-15(24)10-14-21(20)25)19(2)12-6-4-8-17(19)23/h3-8,11-13,15,24-25H,9-10,14H2,1-2H3. The van der Waals surface area contributed by atoms with Gasteiger partial charge in [-0.05, 0) is 45.3 Å². The highest BCUT2D eigenvalue weighted by molar-refractivity contribution is 7.81. The van der Waals surface area contributed by atoms with E-state index in [0.717, 1.165) is 6.42 Å². The van der Waals surface area contributed by atoms with Crippen molar-refractivity contribution in [3.8, 4) is 0 Å². The second-order valence-electron chi connectivity index (χ2n) is 7.34. The van der Waals surface area contributed by atoms with Gasteiger partial charge in [0.25, 0.3) is 0 Å². The van der Waals surface area contributed by atoms with Gasteiger partial charge in [-0.2, -0.15) is 12.6 Å². The van der Waals surface area contributed by atoms with E-state index in [4.69, 9.17) is 12.8 Å². The Hall–Kier alpha value is -1.04. The van der Waals surface area contributed by atoms with Crippen molar-refractivity contribution in [2.75, 3.05) is 6.54 Å². The Balaban J connectivity index is 2.25. The van der Waals surface area contributed by atoms with Gasteiger partial charge in [-0.15, -0.1) is 0 Å². The first kappa shape index (κ1) is 18.7. The van der Waals surface area contributed by atoms with Crippen LogP contribution in [-0.2, 0) is 9.59 Å². The van der Waals surface area contributed by atoms with E-state index in [2.05, 4.69) is 19.0 Å². The van der Waals surface area contributed by atoms with Gasteiger partial charge in [-0.3, -0.25) is 9.59 Å². The fraction of sp³-hybridized carbons (Fsp3) is 0.450. The number of nitrogens with zero attached hydrogens (tertiary/aromatic N) is 1. The summed E-state index contributed by atoms with van der Waals surface area (Å²) in [6.45, 7) is 4.48. The van der Waals surface area contributed by atoms with Gasteiger partial charge in [0.1, 0.15) is 0 Å². The molecule has 0 aromatic carbocycles. The normalized spacial score (nSPS) is 42.0. The summed E-state index contributed by atoms with van der Waals surface area (Å²) >= 11 is 9.46. The summed E-state index contributed by atoms with van der Waals surface area (Å²) < 4.78 is 1.89. The van der Waals surface area contributed by atoms with E-state index in [0.29, 0.717) is 13.0 Å². The van der Waals surface area contributed by atoms with E-state index < -0.39 is 16.4 Å². The molecule has 1 saturated heterocycles. The maximum atomic E-state index is 13.1. The number of hydrogen-bond acceptors (Lipinski definition) is 5. The number of thiol groups is 2. The smallest absolute Gasteiger partial charge is 0.167 e. The molecular formula is C20H24NO2S2. The van der Waals surface area contributed by atoms with Gasteiger partial charge in [-0.25, -0.2) is 4.31 Å². The van der Waals surface area contributed by atoms with Gasteiger partial charge in [0.15, 0.2) is 11.6 Å². The first-order valence-electron chi connectivity index (χ1n) is 8.57. The molecule has 2 aliphatic carbocycles. The lowest BCUT2D eigenvalue weighted by Gasteiger charge is -2.58. The zero-order valence-corrected chi connectivity index (χ0v) is 16.3. The van der Waals surface area contributed by atoms with Crippen molar-refractivity contribution < 1.29 is 9.59 Å². The Bertz CT molecular complexity index is 662. The third-order valence-corrected chi connectivity index (χ3v) is 6.93. The molecule has 0 spiro atoms. The molecule has 3 rings (SSSR count). The average molecular weight is 375 g/mol. The minimum absolute atomic E-state index is 0.0140. The maximum absolute atomic E-state index is 13.1. The Labute approximate surface area is 160 Å².